The van der Waals surface area contributed by atoms with Crippen LogP contribution in [-0.4, -0.2) is 24.1 Å². The topological polar surface area (TPSA) is 54.1 Å². The van der Waals surface area contributed by atoms with Gasteiger partial charge in [0.25, 0.3) is 0 Å². The molecule has 1 aromatic rings. The van der Waals surface area contributed by atoms with Crippen LogP contribution in [0.1, 0.15) is 36.4 Å². The van der Waals surface area contributed by atoms with Gasteiger partial charge in [-0.1, -0.05) is 13.3 Å². The van der Waals surface area contributed by atoms with Crippen LogP contribution in [0.2, 0.25) is 0 Å². The third-order valence-electron chi connectivity index (χ3n) is 2.72. The van der Waals surface area contributed by atoms with Crippen molar-refractivity contribution in [1.29, 1.82) is 0 Å². The summed E-state index contributed by atoms with van der Waals surface area (Å²) in [6, 6.07) is -0.339. The molecule has 0 aliphatic carbocycles. The Balaban J connectivity index is 2.07. The highest BCUT2D eigenvalue weighted by molar-refractivity contribution is 7.73. The van der Waals surface area contributed by atoms with Gasteiger partial charge in [-0.25, -0.2) is 4.79 Å². The maximum absolute atomic E-state index is 11.9. The molecule has 4 nitrogen and oxygen atoms in total. The van der Waals surface area contributed by atoms with Gasteiger partial charge in [0.2, 0.25) is 0 Å². The van der Waals surface area contributed by atoms with Crippen LogP contribution in [0.15, 0.2) is 0 Å². The average molecular weight is 272 g/mol. The van der Waals surface area contributed by atoms with Crippen LogP contribution >= 0.6 is 23.6 Å². The van der Waals surface area contributed by atoms with E-state index in [0.717, 1.165) is 40.3 Å². The van der Waals surface area contributed by atoms with E-state index in [1.165, 1.54) is 11.3 Å². The van der Waals surface area contributed by atoms with Gasteiger partial charge in [-0.2, -0.15) is 0 Å². The van der Waals surface area contributed by atoms with Crippen LogP contribution in [0, 0.1) is 3.95 Å². The highest BCUT2D eigenvalue weighted by atomic mass is 32.1. The van der Waals surface area contributed by atoms with Crippen LogP contribution in [-0.2, 0) is 16.0 Å². The van der Waals surface area contributed by atoms with Crippen molar-refractivity contribution in [1.82, 2.24) is 10.3 Å². The minimum atomic E-state index is -0.339. The zero-order valence-electron chi connectivity index (χ0n) is 9.75. The smallest absolute Gasteiger partial charge is 0.328 e. The second-order valence-electron chi connectivity index (χ2n) is 4.02. The number of carbonyl (C=O) groups excluding carboxylic acids is 1. The Kier molecular flexibility index (Phi) is 4.31. The lowest BCUT2D eigenvalue weighted by atomic mass is 10.1. The van der Waals surface area contributed by atoms with Gasteiger partial charge in [0.1, 0.15) is 6.04 Å². The normalized spacial score (nSPS) is 18.8. The van der Waals surface area contributed by atoms with Gasteiger partial charge in [0, 0.05) is 18.7 Å². The Morgan fingerprint density at radius 2 is 2.47 bits per heavy atom. The number of nitrogens with one attached hydrogen (secondary N) is 2. The first kappa shape index (κ1) is 12.7. The van der Waals surface area contributed by atoms with Crippen molar-refractivity contribution >= 4 is 29.5 Å². The number of aromatic amines is 1. The van der Waals surface area contributed by atoms with E-state index in [4.69, 9.17) is 17.0 Å². The lowest BCUT2D eigenvalue weighted by Crippen LogP contribution is -2.35. The summed E-state index contributed by atoms with van der Waals surface area (Å²) in [5.41, 5.74) is 1.08. The molecule has 0 aromatic carbocycles. The minimum Gasteiger partial charge on any atom is -0.464 e. The SMILES string of the molecule is CCCCOC(=O)C1NCCc2[nH]c(=S)sc21. The van der Waals surface area contributed by atoms with Crippen molar-refractivity contribution < 1.29 is 9.53 Å². The van der Waals surface area contributed by atoms with E-state index in [0.29, 0.717) is 6.61 Å². The largest absolute Gasteiger partial charge is 0.464 e. The molecular formula is C11H16N2O2S2. The van der Waals surface area contributed by atoms with Crippen molar-refractivity contribution in [2.24, 2.45) is 0 Å². The molecule has 2 heterocycles. The fourth-order valence-corrected chi connectivity index (χ4v) is 3.16. The van der Waals surface area contributed by atoms with Crippen LogP contribution in [0.4, 0.5) is 0 Å². The standard InChI is InChI=1S/C11H16N2O2S2/c1-2-3-6-15-10(14)8-9-7(4-5-12-8)13-11(16)17-9/h8,12H,2-6H2,1H3,(H,13,16). The molecule has 1 aliphatic heterocycles. The van der Waals surface area contributed by atoms with Crippen LogP contribution in [0.25, 0.3) is 0 Å². The molecular weight excluding hydrogens is 256 g/mol. The summed E-state index contributed by atoms with van der Waals surface area (Å²) in [4.78, 5) is 16.0. The highest BCUT2D eigenvalue weighted by Crippen LogP contribution is 2.28. The Morgan fingerprint density at radius 3 is 3.24 bits per heavy atom. The Labute approximate surface area is 109 Å². The molecule has 0 fully saturated rings. The Hall–Kier alpha value is -0.720. The number of aromatic nitrogens is 1. The van der Waals surface area contributed by atoms with E-state index in [1.54, 1.807) is 0 Å². The molecule has 94 valence electrons. The number of fused-ring (bicyclic) bond motifs is 1. The average Bonchev–Trinajstić information content (AvgIpc) is 2.69. The Morgan fingerprint density at radius 1 is 1.65 bits per heavy atom. The fourth-order valence-electron chi connectivity index (χ4n) is 1.82. The lowest BCUT2D eigenvalue weighted by Gasteiger charge is -2.21. The molecule has 0 bridgehead atoms. The van der Waals surface area contributed by atoms with Crippen molar-refractivity contribution in [2.45, 2.75) is 32.2 Å². The Bertz CT molecular complexity index is 453. The van der Waals surface area contributed by atoms with Crippen molar-refractivity contribution in [3.8, 4) is 0 Å². The van der Waals surface area contributed by atoms with Gasteiger partial charge in [-0.3, -0.25) is 5.32 Å². The number of unbranched alkanes of at least 4 members (excludes halogenated alkanes) is 1. The monoisotopic (exact) mass is 272 g/mol. The summed E-state index contributed by atoms with van der Waals surface area (Å²) in [5, 5.41) is 3.18. The third-order valence-corrected chi connectivity index (χ3v) is 4.06. The second-order valence-corrected chi connectivity index (χ2v) is 5.73. The number of H-pyrrole nitrogens is 1. The van der Waals surface area contributed by atoms with E-state index in [-0.39, 0.29) is 12.0 Å². The van der Waals surface area contributed by atoms with Gasteiger partial charge in [-0.15, -0.1) is 11.3 Å². The van der Waals surface area contributed by atoms with E-state index in [1.807, 2.05) is 0 Å². The molecule has 0 saturated carbocycles. The number of rotatable bonds is 4. The molecule has 0 spiro atoms. The number of esters is 1. The number of thiazole rings is 1. The van der Waals surface area contributed by atoms with Gasteiger partial charge < -0.3 is 9.72 Å². The summed E-state index contributed by atoms with van der Waals surface area (Å²) >= 11 is 6.57. The van der Waals surface area contributed by atoms with E-state index in [9.17, 15) is 4.79 Å². The molecule has 2 rings (SSSR count). The van der Waals surface area contributed by atoms with Crippen molar-refractivity contribution in [2.75, 3.05) is 13.2 Å². The minimum absolute atomic E-state index is 0.190. The molecule has 1 atom stereocenters. The molecule has 1 aliphatic rings. The molecule has 0 saturated heterocycles. The molecule has 0 amide bonds. The molecule has 1 aromatic heterocycles. The van der Waals surface area contributed by atoms with E-state index in [2.05, 4.69) is 17.2 Å². The predicted molar refractivity (Wildman–Crippen MR) is 69.8 cm³/mol. The van der Waals surface area contributed by atoms with Gasteiger partial charge in [0.15, 0.2) is 3.95 Å². The maximum Gasteiger partial charge on any atom is 0.328 e. The van der Waals surface area contributed by atoms with Crippen LogP contribution in [0.5, 0.6) is 0 Å². The summed E-state index contributed by atoms with van der Waals surface area (Å²) in [6.07, 6.45) is 2.83. The third kappa shape index (κ3) is 2.94. The summed E-state index contributed by atoms with van der Waals surface area (Å²) in [5.74, 6) is -0.190. The van der Waals surface area contributed by atoms with Gasteiger partial charge in [0.05, 0.1) is 11.5 Å². The lowest BCUT2D eigenvalue weighted by molar-refractivity contribution is -0.146. The zero-order chi connectivity index (χ0) is 12.3. The van der Waals surface area contributed by atoms with Crippen molar-refractivity contribution in [3.05, 3.63) is 14.5 Å². The van der Waals surface area contributed by atoms with Crippen LogP contribution in [0.3, 0.4) is 0 Å². The van der Waals surface area contributed by atoms with E-state index < -0.39 is 0 Å². The predicted octanol–water partition coefficient (Wildman–Crippen LogP) is 2.34. The molecule has 17 heavy (non-hydrogen) atoms. The molecule has 6 heteroatoms. The highest BCUT2D eigenvalue weighted by Gasteiger charge is 2.29. The fraction of sp³-hybridized carbons (Fsp3) is 0.636. The molecule has 1 unspecified atom stereocenters. The summed E-state index contributed by atoms with van der Waals surface area (Å²) in [7, 11) is 0. The van der Waals surface area contributed by atoms with Gasteiger partial charge in [-0.05, 0) is 18.6 Å². The van der Waals surface area contributed by atoms with Crippen LogP contribution < -0.4 is 5.32 Å². The second kappa shape index (κ2) is 5.75. The summed E-state index contributed by atoms with van der Waals surface area (Å²) in [6.45, 7) is 3.35. The van der Waals surface area contributed by atoms with E-state index >= 15 is 0 Å². The summed E-state index contributed by atoms with van der Waals surface area (Å²) < 4.78 is 5.97. The quantitative estimate of drug-likeness (QED) is 0.502. The van der Waals surface area contributed by atoms with Gasteiger partial charge >= 0.3 is 5.97 Å². The first-order valence-corrected chi connectivity index (χ1v) is 7.06. The molecule has 0 radical (unpaired) electrons. The first-order valence-electron chi connectivity index (χ1n) is 5.84. The number of carbonyl (C=O) groups is 1. The van der Waals surface area contributed by atoms with Crippen molar-refractivity contribution in [3.63, 3.8) is 0 Å². The first-order chi connectivity index (χ1) is 8.22. The number of ether oxygens (including phenoxy) is 1. The number of hydrogen-bond donors (Lipinski definition) is 2. The maximum atomic E-state index is 11.9. The number of hydrogen-bond acceptors (Lipinski definition) is 5. The zero-order valence-corrected chi connectivity index (χ0v) is 11.4. The molecule has 2 N–H and O–H groups in total.